The largest absolute Gasteiger partial charge is 0.465 e. The Balaban J connectivity index is 0.000000981. The van der Waals surface area contributed by atoms with Crippen molar-refractivity contribution in [1.82, 2.24) is 10.2 Å². The molecule has 0 aromatic heterocycles. The predicted molar refractivity (Wildman–Crippen MR) is 129 cm³/mol. The third-order valence-corrected chi connectivity index (χ3v) is 5.87. The number of hydrogen-bond acceptors (Lipinski definition) is 7. The van der Waals surface area contributed by atoms with Crippen molar-refractivity contribution in [2.75, 3.05) is 13.2 Å². The third-order valence-electron chi connectivity index (χ3n) is 5.87. The number of nitrogens with one attached hydrogen (secondary N) is 1. The summed E-state index contributed by atoms with van der Waals surface area (Å²) in [6.45, 7) is 13.8. The number of carbonyl (C=O) groups excluding carboxylic acids is 3. The minimum atomic E-state index is -0.571. The van der Waals surface area contributed by atoms with Gasteiger partial charge in [0.05, 0.1) is 19.3 Å². The Morgan fingerprint density at radius 2 is 1.64 bits per heavy atom. The van der Waals surface area contributed by atoms with Crippen LogP contribution in [0.25, 0.3) is 0 Å². The van der Waals surface area contributed by atoms with E-state index in [1.165, 1.54) is 0 Å². The van der Waals surface area contributed by atoms with Crippen LogP contribution in [0.4, 0.5) is 0 Å². The van der Waals surface area contributed by atoms with Crippen LogP contribution in [-0.2, 0) is 23.9 Å². The van der Waals surface area contributed by atoms with Crippen LogP contribution in [0.15, 0.2) is 0 Å². The van der Waals surface area contributed by atoms with Gasteiger partial charge in [-0.25, -0.2) is 4.79 Å². The number of nitrogens with two attached hydrogens (primary N) is 1. The molecule has 2 aliphatic rings. The zero-order valence-corrected chi connectivity index (χ0v) is 21.8. The molecular formula is C25H47N3O5. The molecule has 1 amide bonds. The Kier molecular flexibility index (Phi) is 12.4. The lowest BCUT2D eigenvalue weighted by molar-refractivity contribution is -0.155. The molecule has 0 bridgehead atoms. The summed E-state index contributed by atoms with van der Waals surface area (Å²) in [5.41, 5.74) is 5.35. The van der Waals surface area contributed by atoms with Gasteiger partial charge in [-0.2, -0.15) is 0 Å². The van der Waals surface area contributed by atoms with Gasteiger partial charge in [0, 0.05) is 11.6 Å². The Labute approximate surface area is 200 Å². The highest BCUT2D eigenvalue weighted by molar-refractivity contribution is 5.89. The van der Waals surface area contributed by atoms with Crippen LogP contribution < -0.4 is 11.1 Å². The van der Waals surface area contributed by atoms with E-state index in [9.17, 15) is 14.4 Å². The molecule has 33 heavy (non-hydrogen) atoms. The van der Waals surface area contributed by atoms with Crippen LogP contribution in [0.5, 0.6) is 0 Å². The fraction of sp³-hybridized carbons (Fsp3) is 0.880. The van der Waals surface area contributed by atoms with Gasteiger partial charge in [-0.1, -0.05) is 26.2 Å². The molecule has 0 radical (unpaired) electrons. The van der Waals surface area contributed by atoms with Crippen molar-refractivity contribution in [1.29, 1.82) is 0 Å². The van der Waals surface area contributed by atoms with Crippen molar-refractivity contribution in [2.24, 2.45) is 11.7 Å². The average molecular weight is 470 g/mol. The monoisotopic (exact) mass is 469 g/mol. The number of nitrogens with zero attached hydrogens (tertiary/aromatic N) is 1. The lowest BCUT2D eigenvalue weighted by atomic mass is 9.84. The molecule has 0 aromatic carbocycles. The molecule has 1 aliphatic heterocycles. The minimum absolute atomic E-state index is 0. The van der Waals surface area contributed by atoms with Gasteiger partial charge in [-0.05, 0) is 73.1 Å². The number of hydrogen-bond donors (Lipinski definition) is 2. The molecule has 8 heteroatoms. The maximum Gasteiger partial charge on any atom is 0.328 e. The van der Waals surface area contributed by atoms with Gasteiger partial charge < -0.3 is 20.1 Å². The van der Waals surface area contributed by atoms with Crippen LogP contribution in [0, 0.1) is 5.92 Å². The summed E-state index contributed by atoms with van der Waals surface area (Å²) < 4.78 is 10.4. The highest BCUT2D eigenvalue weighted by Crippen LogP contribution is 2.40. The van der Waals surface area contributed by atoms with Crippen molar-refractivity contribution in [3.05, 3.63) is 0 Å². The summed E-state index contributed by atoms with van der Waals surface area (Å²) in [6.07, 6.45) is 6.28. The maximum atomic E-state index is 13.3. The lowest BCUT2D eigenvalue weighted by Crippen LogP contribution is -2.55. The van der Waals surface area contributed by atoms with Crippen molar-refractivity contribution < 1.29 is 23.9 Å². The van der Waals surface area contributed by atoms with Gasteiger partial charge in [0.2, 0.25) is 5.91 Å². The number of esters is 2. The zero-order valence-electron chi connectivity index (χ0n) is 21.8. The molecule has 2 rings (SSSR count). The summed E-state index contributed by atoms with van der Waals surface area (Å²) in [4.78, 5) is 39.8. The summed E-state index contributed by atoms with van der Waals surface area (Å²) in [6, 6.07) is -1.52. The lowest BCUT2D eigenvalue weighted by Gasteiger charge is -2.35. The second-order valence-electron chi connectivity index (χ2n) is 10.2. The molecule has 1 saturated carbocycles. The van der Waals surface area contributed by atoms with Crippen LogP contribution in [-0.4, -0.2) is 65.7 Å². The Morgan fingerprint density at radius 3 is 2.18 bits per heavy atom. The predicted octanol–water partition coefficient (Wildman–Crippen LogP) is 3.16. The molecule has 2 fully saturated rings. The number of carbonyl (C=O) groups is 3. The van der Waals surface area contributed by atoms with E-state index in [0.717, 1.165) is 32.1 Å². The van der Waals surface area contributed by atoms with E-state index in [4.69, 9.17) is 15.2 Å². The van der Waals surface area contributed by atoms with E-state index in [1.54, 1.807) is 25.7 Å². The van der Waals surface area contributed by atoms with E-state index >= 15 is 0 Å². The van der Waals surface area contributed by atoms with E-state index < -0.39 is 18.1 Å². The van der Waals surface area contributed by atoms with Crippen molar-refractivity contribution in [3.63, 3.8) is 0 Å². The molecule has 3 N–H and O–H groups in total. The number of ether oxygens (including phenoxy) is 2. The first-order valence-electron chi connectivity index (χ1n) is 12.6. The van der Waals surface area contributed by atoms with Crippen molar-refractivity contribution in [2.45, 2.75) is 123 Å². The van der Waals surface area contributed by atoms with Crippen LogP contribution in [0.1, 0.15) is 93.4 Å². The fourth-order valence-electron chi connectivity index (χ4n) is 4.62. The van der Waals surface area contributed by atoms with E-state index in [0.29, 0.717) is 32.0 Å². The molecule has 192 valence electrons. The normalized spacial score (nSPS) is 24.1. The first-order chi connectivity index (χ1) is 15.4. The third kappa shape index (κ3) is 9.61. The Hall–Kier alpha value is -1.67. The number of likely N-dealkylation sites (tertiary alicyclic amines) is 1. The van der Waals surface area contributed by atoms with Gasteiger partial charge in [-0.15, -0.1) is 0 Å². The number of amides is 1. The molecule has 8 nitrogen and oxygen atoms in total. The van der Waals surface area contributed by atoms with Gasteiger partial charge >= 0.3 is 11.9 Å². The van der Waals surface area contributed by atoms with Crippen LogP contribution in [0.2, 0.25) is 0 Å². The fourth-order valence-corrected chi connectivity index (χ4v) is 4.62. The molecule has 0 aromatic rings. The van der Waals surface area contributed by atoms with Gasteiger partial charge in [0.15, 0.2) is 0 Å². The van der Waals surface area contributed by atoms with Crippen molar-refractivity contribution in [3.8, 4) is 0 Å². The van der Waals surface area contributed by atoms with E-state index in [-0.39, 0.29) is 29.4 Å². The summed E-state index contributed by atoms with van der Waals surface area (Å²) >= 11 is 0. The quantitative estimate of drug-likeness (QED) is 0.499. The van der Waals surface area contributed by atoms with Crippen molar-refractivity contribution >= 4 is 17.8 Å². The first-order valence-corrected chi connectivity index (χ1v) is 12.6. The molecule has 5 atom stereocenters. The molecule has 1 saturated heterocycles. The van der Waals surface area contributed by atoms with Crippen LogP contribution >= 0.6 is 0 Å². The highest BCUT2D eigenvalue weighted by atomic mass is 16.5. The van der Waals surface area contributed by atoms with Gasteiger partial charge in [0.1, 0.15) is 12.1 Å². The second kappa shape index (κ2) is 13.9. The average Bonchev–Trinajstić information content (AvgIpc) is 3.11. The van der Waals surface area contributed by atoms with Gasteiger partial charge in [-0.3, -0.25) is 14.9 Å². The summed E-state index contributed by atoms with van der Waals surface area (Å²) in [5, 5.41) is 3.15. The standard InChI is InChI=1S/C21H36N2O5.C4H11N/c1-5-10-16(20(25)27-6-2)22-14(4)19(24)23-17-12-9-8-11-15(17)13-18(23)21(26)28-7-3;1-4(2,3)5/h14-18,22H,5-13H2,1-4H3;5H2,1-3H3/t14-,15-,16-,17-,18-;/m0./s1. The Bertz CT molecular complexity index is 628. The molecule has 0 unspecified atom stereocenters. The van der Waals surface area contributed by atoms with Crippen LogP contribution in [0.3, 0.4) is 0 Å². The zero-order chi connectivity index (χ0) is 25.2. The summed E-state index contributed by atoms with van der Waals surface area (Å²) in [7, 11) is 0. The topological polar surface area (TPSA) is 111 Å². The minimum Gasteiger partial charge on any atom is -0.465 e. The Morgan fingerprint density at radius 1 is 1.06 bits per heavy atom. The smallest absolute Gasteiger partial charge is 0.328 e. The molecule has 1 heterocycles. The van der Waals surface area contributed by atoms with E-state index in [2.05, 4.69) is 5.32 Å². The van der Waals surface area contributed by atoms with Gasteiger partial charge in [0.25, 0.3) is 0 Å². The maximum absolute atomic E-state index is 13.3. The highest BCUT2D eigenvalue weighted by Gasteiger charge is 2.49. The second-order valence-corrected chi connectivity index (χ2v) is 10.2. The molecular weight excluding hydrogens is 422 g/mol. The van der Waals surface area contributed by atoms with E-state index in [1.807, 2.05) is 27.7 Å². The first kappa shape index (κ1) is 29.4. The summed E-state index contributed by atoms with van der Waals surface area (Å²) in [5.74, 6) is -0.412. The number of fused-ring (bicyclic) bond motifs is 1. The molecule has 1 aliphatic carbocycles. The SMILES string of the molecule is CC(C)(C)N.CCC[C@H](N[C@@H](C)C(=O)N1[C@H](C(=O)OCC)C[C@@H]2CCCC[C@@H]21)C(=O)OCC. The molecule has 0 spiro atoms. The number of rotatable bonds is 9.